The fraction of sp³-hybridized carbons (Fsp3) is 0.714. The molecule has 104 valence electrons. The van der Waals surface area contributed by atoms with Crippen LogP contribution in [0.4, 0.5) is 0 Å². The smallest absolute Gasteiger partial charge is 0.226 e. The van der Waals surface area contributed by atoms with E-state index in [1.807, 2.05) is 11.8 Å². The Morgan fingerprint density at radius 3 is 2.79 bits per heavy atom. The van der Waals surface area contributed by atoms with E-state index in [9.17, 15) is 4.79 Å². The molecule has 3 rings (SSSR count). The number of hydrogen-bond donors (Lipinski definition) is 1. The Labute approximate surface area is 114 Å². The van der Waals surface area contributed by atoms with Crippen molar-refractivity contribution in [2.24, 2.45) is 5.92 Å². The normalized spacial score (nSPS) is 24.3. The molecule has 5 nitrogen and oxygen atoms in total. The fourth-order valence-electron chi connectivity index (χ4n) is 3.12. The minimum Gasteiger partial charge on any atom is -0.346 e. The van der Waals surface area contributed by atoms with Gasteiger partial charge in [0.05, 0.1) is 5.69 Å². The van der Waals surface area contributed by atoms with Gasteiger partial charge >= 0.3 is 0 Å². The SMILES string of the molecule is Cc1nc2c([nH]1)CC(C(=O)N1CCN(C)CC1)CC2. The average molecular weight is 262 g/mol. The Balaban J connectivity index is 1.66. The van der Waals surface area contributed by atoms with E-state index in [1.165, 1.54) is 11.4 Å². The van der Waals surface area contributed by atoms with E-state index in [2.05, 4.69) is 21.9 Å². The quantitative estimate of drug-likeness (QED) is 0.806. The maximum atomic E-state index is 12.5. The summed E-state index contributed by atoms with van der Waals surface area (Å²) in [6, 6.07) is 0. The zero-order valence-electron chi connectivity index (χ0n) is 11.8. The number of carbonyl (C=O) groups is 1. The van der Waals surface area contributed by atoms with Crippen LogP contribution in [0.3, 0.4) is 0 Å². The highest BCUT2D eigenvalue weighted by molar-refractivity contribution is 5.79. The molecule has 0 radical (unpaired) electrons. The molecule has 19 heavy (non-hydrogen) atoms. The highest BCUT2D eigenvalue weighted by atomic mass is 16.2. The van der Waals surface area contributed by atoms with Gasteiger partial charge in [0, 0.05) is 44.2 Å². The molecule has 1 aromatic rings. The molecule has 0 spiro atoms. The monoisotopic (exact) mass is 262 g/mol. The third-order valence-corrected chi connectivity index (χ3v) is 4.33. The summed E-state index contributed by atoms with van der Waals surface area (Å²) < 4.78 is 0. The second kappa shape index (κ2) is 4.96. The van der Waals surface area contributed by atoms with Gasteiger partial charge in [0.25, 0.3) is 0 Å². The van der Waals surface area contributed by atoms with Gasteiger partial charge in [0.1, 0.15) is 5.82 Å². The summed E-state index contributed by atoms with van der Waals surface area (Å²) in [5, 5.41) is 0. The van der Waals surface area contributed by atoms with E-state index >= 15 is 0 Å². The first-order valence-corrected chi connectivity index (χ1v) is 7.15. The lowest BCUT2D eigenvalue weighted by Crippen LogP contribution is -2.49. The van der Waals surface area contributed by atoms with E-state index in [0.29, 0.717) is 5.91 Å². The summed E-state index contributed by atoms with van der Waals surface area (Å²) in [5.74, 6) is 1.46. The van der Waals surface area contributed by atoms with Crippen LogP contribution in [0.25, 0.3) is 0 Å². The van der Waals surface area contributed by atoms with Crippen LogP contribution >= 0.6 is 0 Å². The van der Waals surface area contributed by atoms with Crippen molar-refractivity contribution in [3.05, 3.63) is 17.2 Å². The Morgan fingerprint density at radius 2 is 2.05 bits per heavy atom. The molecule has 1 saturated heterocycles. The largest absolute Gasteiger partial charge is 0.346 e. The van der Waals surface area contributed by atoms with Crippen molar-refractivity contribution in [2.45, 2.75) is 26.2 Å². The van der Waals surface area contributed by atoms with E-state index in [4.69, 9.17) is 0 Å². The van der Waals surface area contributed by atoms with Gasteiger partial charge in [0.2, 0.25) is 5.91 Å². The van der Waals surface area contributed by atoms with Gasteiger partial charge < -0.3 is 14.8 Å². The molecule has 1 fully saturated rings. The van der Waals surface area contributed by atoms with Gasteiger partial charge in [0.15, 0.2) is 0 Å². The third kappa shape index (κ3) is 2.52. The van der Waals surface area contributed by atoms with Crippen molar-refractivity contribution >= 4 is 5.91 Å². The molecule has 0 saturated carbocycles. The standard InChI is InChI=1S/C14H22N4O/c1-10-15-12-4-3-11(9-13(12)16-10)14(19)18-7-5-17(2)6-8-18/h11H,3-9H2,1-2H3,(H,15,16). The van der Waals surface area contributed by atoms with E-state index in [-0.39, 0.29) is 5.92 Å². The summed E-state index contributed by atoms with van der Waals surface area (Å²) in [4.78, 5) is 24.7. The van der Waals surface area contributed by atoms with Crippen molar-refractivity contribution in [3.8, 4) is 0 Å². The van der Waals surface area contributed by atoms with Crippen LogP contribution < -0.4 is 0 Å². The zero-order valence-corrected chi connectivity index (χ0v) is 11.8. The first-order chi connectivity index (χ1) is 9.13. The Hall–Kier alpha value is -1.36. The van der Waals surface area contributed by atoms with Crippen molar-refractivity contribution < 1.29 is 4.79 Å². The minimum atomic E-state index is 0.149. The van der Waals surface area contributed by atoms with Crippen LogP contribution in [0.2, 0.25) is 0 Å². The lowest BCUT2D eigenvalue weighted by molar-refractivity contribution is -0.137. The molecule has 1 aliphatic carbocycles. The first kappa shape index (κ1) is 12.7. The summed E-state index contributed by atoms with van der Waals surface area (Å²) in [7, 11) is 2.11. The number of imidazole rings is 1. The second-order valence-corrected chi connectivity index (χ2v) is 5.82. The number of piperazine rings is 1. The summed E-state index contributed by atoms with van der Waals surface area (Å²) in [6.07, 6.45) is 2.72. The molecule has 1 atom stereocenters. The Kier molecular flexibility index (Phi) is 3.31. The first-order valence-electron chi connectivity index (χ1n) is 7.15. The van der Waals surface area contributed by atoms with Gasteiger partial charge in [-0.1, -0.05) is 0 Å². The molecule has 1 unspecified atom stereocenters. The molecule has 1 N–H and O–H groups in total. The van der Waals surface area contributed by atoms with E-state index in [0.717, 1.165) is 51.3 Å². The predicted molar refractivity (Wildman–Crippen MR) is 72.9 cm³/mol. The molecule has 1 aliphatic heterocycles. The maximum Gasteiger partial charge on any atom is 0.226 e. The predicted octanol–water partition coefficient (Wildman–Crippen LogP) is 0.597. The number of aromatic amines is 1. The highest BCUT2D eigenvalue weighted by Gasteiger charge is 2.30. The number of H-pyrrole nitrogens is 1. The lowest BCUT2D eigenvalue weighted by atomic mass is 9.88. The lowest BCUT2D eigenvalue weighted by Gasteiger charge is -2.35. The molecular weight excluding hydrogens is 240 g/mol. The Bertz CT molecular complexity index is 474. The van der Waals surface area contributed by atoms with Crippen molar-refractivity contribution in [2.75, 3.05) is 33.2 Å². The molecule has 2 aliphatic rings. The Morgan fingerprint density at radius 1 is 1.32 bits per heavy atom. The molecule has 1 aromatic heterocycles. The van der Waals surface area contributed by atoms with Gasteiger partial charge in [-0.3, -0.25) is 4.79 Å². The summed E-state index contributed by atoms with van der Waals surface area (Å²) in [5.41, 5.74) is 2.34. The van der Waals surface area contributed by atoms with Crippen molar-refractivity contribution in [1.29, 1.82) is 0 Å². The summed E-state index contributed by atoms with van der Waals surface area (Å²) in [6.45, 7) is 5.72. The number of hydrogen-bond acceptors (Lipinski definition) is 3. The number of nitrogens with zero attached hydrogens (tertiary/aromatic N) is 3. The van der Waals surface area contributed by atoms with Crippen molar-refractivity contribution in [1.82, 2.24) is 19.8 Å². The number of nitrogens with one attached hydrogen (secondary N) is 1. The number of fused-ring (bicyclic) bond motifs is 1. The topological polar surface area (TPSA) is 52.2 Å². The van der Waals surface area contributed by atoms with Crippen LogP contribution in [0.15, 0.2) is 0 Å². The number of carbonyl (C=O) groups excluding carboxylic acids is 1. The molecule has 5 heteroatoms. The number of aryl methyl sites for hydroxylation is 2. The molecule has 2 heterocycles. The molecular formula is C14H22N4O. The van der Waals surface area contributed by atoms with E-state index in [1.54, 1.807) is 0 Å². The number of amides is 1. The molecule has 0 bridgehead atoms. The maximum absolute atomic E-state index is 12.5. The number of aromatic nitrogens is 2. The van der Waals surface area contributed by atoms with Gasteiger partial charge in [-0.15, -0.1) is 0 Å². The number of rotatable bonds is 1. The van der Waals surface area contributed by atoms with Crippen LogP contribution in [-0.2, 0) is 17.6 Å². The molecule has 1 amide bonds. The fourth-order valence-corrected chi connectivity index (χ4v) is 3.12. The zero-order chi connectivity index (χ0) is 13.4. The summed E-state index contributed by atoms with van der Waals surface area (Å²) >= 11 is 0. The van der Waals surface area contributed by atoms with Crippen LogP contribution in [-0.4, -0.2) is 58.9 Å². The second-order valence-electron chi connectivity index (χ2n) is 5.82. The molecule has 0 aromatic carbocycles. The average Bonchev–Trinajstić information content (AvgIpc) is 2.77. The van der Waals surface area contributed by atoms with Gasteiger partial charge in [-0.2, -0.15) is 0 Å². The van der Waals surface area contributed by atoms with Crippen molar-refractivity contribution in [3.63, 3.8) is 0 Å². The van der Waals surface area contributed by atoms with Crippen LogP contribution in [0, 0.1) is 12.8 Å². The van der Waals surface area contributed by atoms with Gasteiger partial charge in [-0.05, 0) is 26.8 Å². The third-order valence-electron chi connectivity index (χ3n) is 4.33. The number of likely N-dealkylation sites (N-methyl/N-ethyl adjacent to an activating group) is 1. The van der Waals surface area contributed by atoms with Crippen LogP contribution in [0.5, 0.6) is 0 Å². The van der Waals surface area contributed by atoms with Crippen LogP contribution in [0.1, 0.15) is 23.6 Å². The minimum absolute atomic E-state index is 0.149. The van der Waals surface area contributed by atoms with Gasteiger partial charge in [-0.25, -0.2) is 4.98 Å². The highest BCUT2D eigenvalue weighted by Crippen LogP contribution is 2.25. The van der Waals surface area contributed by atoms with E-state index < -0.39 is 0 Å².